The Hall–Kier alpha value is -2.93. The van der Waals surface area contributed by atoms with Crippen LogP contribution in [0.1, 0.15) is 50.7 Å². The zero-order valence-corrected chi connectivity index (χ0v) is 35.8. The van der Waals surface area contributed by atoms with Gasteiger partial charge in [-0.3, -0.25) is 0 Å². The molecule has 0 heterocycles. The second-order valence-electron chi connectivity index (χ2n) is 13.5. The molecule has 0 aliphatic rings. The standard InChI is InChI=1S/2C22H19.C2H6Ge.2ClH.Zr/c2*1-15(2)21-14-17-9-4-6-12-19(17)22(21)20-13-7-10-16-8-3-5-11-18(16)20;1-3-2;;;/h2*3-15H,1-2H3;1-2H3;2*1H;/q2*-1;;;;+2/p-2. The summed E-state index contributed by atoms with van der Waals surface area (Å²) in [6.07, 6.45) is 0. The monoisotopic (exact) mass is 830 g/mol. The zero-order valence-electron chi connectivity index (χ0n) is 29.8. The molecule has 0 spiro atoms. The number of fused-ring (bicyclic) bond motifs is 4. The van der Waals surface area contributed by atoms with Crippen molar-refractivity contribution in [3.63, 3.8) is 0 Å². The van der Waals surface area contributed by atoms with Crippen molar-refractivity contribution in [3.05, 3.63) is 157 Å². The molecular formula is C46H44Cl2GeZr-2. The van der Waals surface area contributed by atoms with E-state index in [2.05, 4.69) is 185 Å². The summed E-state index contributed by atoms with van der Waals surface area (Å²) in [5.74, 6) is 5.78. The van der Waals surface area contributed by atoms with Gasteiger partial charge < -0.3 is 24.8 Å². The molecule has 8 aromatic rings. The topological polar surface area (TPSA) is 0 Å². The summed E-state index contributed by atoms with van der Waals surface area (Å²) in [7, 11) is -0.243. The van der Waals surface area contributed by atoms with Gasteiger partial charge in [-0.05, 0) is 33.4 Å². The van der Waals surface area contributed by atoms with Gasteiger partial charge in [0.05, 0.1) is 0 Å². The summed E-state index contributed by atoms with van der Waals surface area (Å²) in [6.45, 7) is 9.12. The van der Waals surface area contributed by atoms with E-state index in [9.17, 15) is 0 Å². The third-order valence-electron chi connectivity index (χ3n) is 9.02. The average molecular weight is 832 g/mol. The van der Waals surface area contributed by atoms with Crippen LogP contribution >= 0.6 is 0 Å². The van der Waals surface area contributed by atoms with Crippen LogP contribution in [0.2, 0.25) is 11.5 Å². The van der Waals surface area contributed by atoms with Gasteiger partial charge in [-0.25, -0.2) is 0 Å². The largest absolute Gasteiger partial charge is 1.00 e. The molecule has 8 aromatic carbocycles. The van der Waals surface area contributed by atoms with Crippen LogP contribution in [0.5, 0.6) is 0 Å². The minimum atomic E-state index is -0.243. The first kappa shape index (κ1) is 39.8. The molecule has 0 atom stereocenters. The number of rotatable bonds is 4. The van der Waals surface area contributed by atoms with E-state index >= 15 is 0 Å². The summed E-state index contributed by atoms with van der Waals surface area (Å²) in [4.78, 5) is 0. The van der Waals surface area contributed by atoms with Crippen LogP contribution in [-0.2, 0) is 21.6 Å². The third kappa shape index (κ3) is 8.57. The van der Waals surface area contributed by atoms with Crippen molar-refractivity contribution < 1.29 is 46.4 Å². The first-order valence-electron chi connectivity index (χ1n) is 17.1. The molecule has 0 saturated carbocycles. The molecule has 0 N–H and O–H groups in total. The van der Waals surface area contributed by atoms with Crippen LogP contribution in [0.25, 0.3) is 65.3 Å². The Balaban J connectivity index is 0.000000196. The van der Waals surface area contributed by atoms with Crippen LogP contribution in [0.3, 0.4) is 0 Å². The average Bonchev–Trinajstić information content (AvgIpc) is 3.68. The van der Waals surface area contributed by atoms with Gasteiger partial charge in [-0.15, -0.1) is 92.3 Å². The van der Waals surface area contributed by atoms with E-state index in [1.807, 2.05) is 0 Å². The van der Waals surface area contributed by atoms with E-state index in [0.717, 1.165) is 0 Å². The maximum absolute atomic E-state index is 2.37. The zero-order chi connectivity index (χ0) is 33.8. The van der Waals surface area contributed by atoms with Gasteiger partial charge in [0, 0.05) is 0 Å². The van der Waals surface area contributed by atoms with Crippen LogP contribution in [0.4, 0.5) is 0 Å². The normalized spacial score (nSPS) is 10.8. The summed E-state index contributed by atoms with van der Waals surface area (Å²) in [6, 6.07) is 52.8. The van der Waals surface area contributed by atoms with Crippen LogP contribution in [0, 0.1) is 0 Å². The van der Waals surface area contributed by atoms with Gasteiger partial charge in [0.25, 0.3) is 0 Å². The van der Waals surface area contributed by atoms with Crippen molar-refractivity contribution in [1.29, 1.82) is 0 Å². The van der Waals surface area contributed by atoms with Gasteiger partial charge in [0.1, 0.15) is 0 Å². The molecule has 0 amide bonds. The van der Waals surface area contributed by atoms with Gasteiger partial charge in [0.2, 0.25) is 0 Å². The Morgan fingerprint density at radius 2 is 0.740 bits per heavy atom. The van der Waals surface area contributed by atoms with Crippen molar-refractivity contribution in [2.75, 3.05) is 0 Å². The molecule has 50 heavy (non-hydrogen) atoms. The SMILES string of the molecule is CC(C)c1[cH-]c2ccccc2c1-c1cccc2ccccc12.CC(C)c1[cH-]c2ccccc2c1-c1cccc2ccccc12.[CH3][Ge]([CH3])=[Zr+2].[Cl-].[Cl-]. The molecule has 0 nitrogen and oxygen atoms in total. The quantitative estimate of drug-likeness (QED) is 0.126. The maximum atomic E-state index is 2.37. The predicted molar refractivity (Wildman–Crippen MR) is 211 cm³/mol. The van der Waals surface area contributed by atoms with Crippen molar-refractivity contribution in [3.8, 4) is 22.3 Å². The molecule has 0 fully saturated rings. The molecule has 0 bridgehead atoms. The molecule has 0 unspecified atom stereocenters. The van der Waals surface area contributed by atoms with E-state index in [0.29, 0.717) is 11.8 Å². The fraction of sp³-hybridized carbons (Fsp3) is 0.174. The first-order chi connectivity index (χ1) is 23.2. The number of benzene rings is 6. The van der Waals surface area contributed by atoms with Crippen molar-refractivity contribution >= 4 is 53.1 Å². The van der Waals surface area contributed by atoms with Gasteiger partial charge >= 0.3 is 43.1 Å². The molecule has 252 valence electrons. The molecular weight excluding hydrogens is 787 g/mol. The van der Waals surface area contributed by atoms with Crippen LogP contribution < -0.4 is 24.8 Å². The second kappa shape index (κ2) is 18.0. The van der Waals surface area contributed by atoms with Crippen LogP contribution in [-0.4, -0.2) is 9.98 Å². The van der Waals surface area contributed by atoms with Crippen LogP contribution in [0.15, 0.2) is 146 Å². The third-order valence-corrected chi connectivity index (χ3v) is 9.02. The number of hydrogen-bond acceptors (Lipinski definition) is 0. The Morgan fingerprint density at radius 3 is 1.10 bits per heavy atom. The molecule has 4 heteroatoms. The molecule has 8 rings (SSSR count). The minimum Gasteiger partial charge on any atom is -1.00 e. The van der Waals surface area contributed by atoms with E-state index in [1.165, 1.54) is 76.5 Å². The maximum Gasteiger partial charge on any atom is -1.00 e. The Morgan fingerprint density at radius 1 is 0.440 bits per heavy atom. The molecule has 0 radical (unpaired) electrons. The van der Waals surface area contributed by atoms with E-state index < -0.39 is 0 Å². The van der Waals surface area contributed by atoms with Gasteiger partial charge in [0.15, 0.2) is 0 Å². The number of halogens is 2. The summed E-state index contributed by atoms with van der Waals surface area (Å²) >= 11 is 1.80. The van der Waals surface area contributed by atoms with Crippen molar-refractivity contribution in [2.24, 2.45) is 0 Å². The van der Waals surface area contributed by atoms with E-state index in [-0.39, 0.29) is 34.8 Å². The van der Waals surface area contributed by atoms with Gasteiger partial charge in [-0.1, -0.05) is 136 Å². The smallest absolute Gasteiger partial charge is 1.00 e. The Labute approximate surface area is 326 Å². The minimum absolute atomic E-state index is 0. The first-order valence-corrected chi connectivity index (χ1v) is 28.7. The molecule has 0 aliphatic heterocycles. The summed E-state index contributed by atoms with van der Waals surface area (Å²) in [5, 5.41) is 10.7. The fourth-order valence-electron chi connectivity index (χ4n) is 6.89. The van der Waals surface area contributed by atoms with Gasteiger partial charge in [-0.2, -0.15) is 0 Å². The van der Waals surface area contributed by atoms with E-state index in [1.54, 1.807) is 21.6 Å². The molecule has 0 aliphatic carbocycles. The van der Waals surface area contributed by atoms with Crippen molar-refractivity contribution in [2.45, 2.75) is 51.0 Å². The van der Waals surface area contributed by atoms with E-state index in [4.69, 9.17) is 0 Å². The predicted octanol–water partition coefficient (Wildman–Crippen LogP) is 7.80. The Kier molecular flexibility index (Phi) is 14.4. The number of hydrogen-bond donors (Lipinski definition) is 0. The van der Waals surface area contributed by atoms with Crippen molar-refractivity contribution in [1.82, 2.24) is 0 Å². The summed E-state index contributed by atoms with van der Waals surface area (Å²) < 4.78 is 0. The molecule has 0 aromatic heterocycles. The molecule has 0 saturated heterocycles. The summed E-state index contributed by atoms with van der Waals surface area (Å²) in [5.41, 5.74) is 8.39. The second-order valence-corrected chi connectivity index (χ2v) is 30.5. The Bertz CT molecular complexity index is 2180. The fourth-order valence-corrected chi connectivity index (χ4v) is 6.89.